The summed E-state index contributed by atoms with van der Waals surface area (Å²) in [5, 5.41) is 8.24. The van der Waals surface area contributed by atoms with E-state index in [1.165, 1.54) is 6.26 Å². The Balaban J connectivity index is -0.000000266. The molecule has 0 amide bonds. The fraction of sp³-hybridized carbons (Fsp3) is 1.00. The van der Waals surface area contributed by atoms with Gasteiger partial charge in [-0.05, 0) is 30.6 Å². The molecule has 0 saturated carbocycles. The molecule has 0 aliphatic heterocycles. The Kier molecular flexibility index (Phi) is 16.9. The average Bonchev–Trinajstić information content (AvgIpc) is 2.23. The first kappa shape index (κ1) is 27.5. The van der Waals surface area contributed by atoms with Crippen molar-refractivity contribution in [3.8, 4) is 0 Å². The minimum absolute atomic E-state index is 0.282. The van der Waals surface area contributed by atoms with Crippen LogP contribution >= 0.6 is 0 Å². The van der Waals surface area contributed by atoms with Crippen LogP contribution in [0.5, 0.6) is 0 Å². The Morgan fingerprint density at radius 2 is 1.26 bits per heavy atom. The fourth-order valence-corrected chi connectivity index (χ4v) is 2.07. The predicted octanol–water partition coefficient (Wildman–Crippen LogP) is 4.70. The number of halogens is 3. The van der Waals surface area contributed by atoms with Crippen LogP contribution in [0.3, 0.4) is 0 Å². The van der Waals surface area contributed by atoms with Crippen molar-refractivity contribution in [2.75, 3.05) is 18.6 Å². The molecule has 0 saturated heterocycles. The second-order valence-electron chi connectivity index (χ2n) is 6.93. The first-order valence-electron chi connectivity index (χ1n) is 7.96. The molecule has 0 fully saturated rings. The van der Waals surface area contributed by atoms with Gasteiger partial charge in [-0.15, -0.1) is 0 Å². The summed E-state index contributed by atoms with van der Waals surface area (Å²) in [4.78, 5) is 0. The lowest BCUT2D eigenvalue weighted by Crippen LogP contribution is -2.10. The smallest absolute Gasteiger partial charge is 0.389 e. The molecule has 0 aromatic carbocycles. The summed E-state index contributed by atoms with van der Waals surface area (Å²) >= 11 is 0. The maximum atomic E-state index is 11.3. The van der Waals surface area contributed by atoms with E-state index in [4.69, 9.17) is 5.11 Å². The number of hydrogen-bond donors (Lipinski definition) is 1. The van der Waals surface area contributed by atoms with E-state index in [2.05, 4.69) is 13.8 Å². The molecule has 0 aliphatic rings. The molecule has 0 spiro atoms. The van der Waals surface area contributed by atoms with Gasteiger partial charge in [-0.1, -0.05) is 41.5 Å². The molecule has 1 N–H and O–H groups in total. The topological polar surface area (TPSA) is 54.4 Å². The van der Waals surface area contributed by atoms with Crippen molar-refractivity contribution in [3.63, 3.8) is 0 Å². The van der Waals surface area contributed by atoms with Gasteiger partial charge in [-0.2, -0.15) is 13.2 Å². The molecular formula is C16H35F3O3S. The summed E-state index contributed by atoms with van der Waals surface area (Å²) in [5.41, 5.74) is 0. The van der Waals surface area contributed by atoms with E-state index in [1.807, 2.05) is 13.8 Å². The lowest BCUT2D eigenvalue weighted by atomic mass is 10.1. The van der Waals surface area contributed by atoms with Crippen molar-refractivity contribution >= 4 is 9.84 Å². The van der Waals surface area contributed by atoms with Crippen LogP contribution in [0.1, 0.15) is 60.8 Å². The van der Waals surface area contributed by atoms with Crippen molar-refractivity contribution in [3.05, 3.63) is 0 Å². The Morgan fingerprint density at radius 1 is 0.870 bits per heavy atom. The predicted molar refractivity (Wildman–Crippen MR) is 91.2 cm³/mol. The van der Waals surface area contributed by atoms with E-state index in [1.54, 1.807) is 13.8 Å². The maximum absolute atomic E-state index is 11.3. The van der Waals surface area contributed by atoms with E-state index in [0.717, 1.165) is 12.8 Å². The first-order chi connectivity index (χ1) is 10.1. The number of aliphatic hydroxyl groups is 1. The number of aliphatic hydroxyl groups excluding tert-OH is 1. The summed E-state index contributed by atoms with van der Waals surface area (Å²) in [5.74, 6) is 1.18. The van der Waals surface area contributed by atoms with Crippen LogP contribution in [0.25, 0.3) is 0 Å². The third-order valence-electron chi connectivity index (χ3n) is 2.41. The molecular weight excluding hydrogens is 329 g/mol. The zero-order valence-electron chi connectivity index (χ0n) is 15.6. The number of alkyl halides is 3. The van der Waals surface area contributed by atoms with Gasteiger partial charge in [0.2, 0.25) is 0 Å². The molecule has 144 valence electrons. The van der Waals surface area contributed by atoms with Gasteiger partial charge in [-0.25, -0.2) is 8.42 Å². The molecule has 0 aromatic heterocycles. The van der Waals surface area contributed by atoms with Crippen LogP contribution in [0.2, 0.25) is 0 Å². The highest BCUT2D eigenvalue weighted by Gasteiger charge is 2.27. The average molecular weight is 365 g/mol. The van der Waals surface area contributed by atoms with Crippen molar-refractivity contribution in [1.29, 1.82) is 0 Å². The number of sulfone groups is 1. The maximum Gasteiger partial charge on any atom is 0.389 e. The second-order valence-corrected chi connectivity index (χ2v) is 9.19. The van der Waals surface area contributed by atoms with E-state index in [9.17, 15) is 21.6 Å². The Hall–Kier alpha value is -0.300. The van der Waals surface area contributed by atoms with Gasteiger partial charge in [0.1, 0.15) is 9.84 Å². The van der Waals surface area contributed by atoms with Crippen molar-refractivity contribution in [2.45, 2.75) is 67.0 Å². The molecule has 3 nitrogen and oxygen atoms in total. The van der Waals surface area contributed by atoms with E-state index < -0.39 is 22.4 Å². The van der Waals surface area contributed by atoms with Crippen LogP contribution in [0, 0.1) is 17.8 Å². The summed E-state index contributed by atoms with van der Waals surface area (Å²) in [6.07, 6.45) is -1.67. The molecule has 7 heteroatoms. The number of rotatable bonds is 6. The molecule has 0 bridgehead atoms. The Morgan fingerprint density at radius 3 is 1.30 bits per heavy atom. The zero-order valence-corrected chi connectivity index (χ0v) is 16.4. The minimum atomic E-state index is -3.98. The summed E-state index contributed by atoms with van der Waals surface area (Å²) in [7, 11) is -2.72. The minimum Gasteiger partial charge on any atom is -0.396 e. The van der Waals surface area contributed by atoms with Crippen molar-refractivity contribution in [1.82, 2.24) is 0 Å². The summed E-state index contributed by atoms with van der Waals surface area (Å²) in [6.45, 7) is 11.7. The van der Waals surface area contributed by atoms with Gasteiger partial charge >= 0.3 is 6.18 Å². The highest BCUT2D eigenvalue weighted by atomic mass is 32.2. The SMILES string of the molecule is CC(C)CC(F)(F)F.CC(C)CCO.CC(C)CCS(C)(=O)=O. The molecule has 0 rings (SSSR count). The lowest BCUT2D eigenvalue weighted by molar-refractivity contribution is -0.141. The van der Waals surface area contributed by atoms with Crippen LogP contribution < -0.4 is 0 Å². The molecule has 0 atom stereocenters. The summed E-state index contributed by atoms with van der Waals surface area (Å²) in [6, 6.07) is 0. The van der Waals surface area contributed by atoms with Gasteiger partial charge in [-0.3, -0.25) is 0 Å². The van der Waals surface area contributed by atoms with Crippen molar-refractivity contribution < 1.29 is 26.7 Å². The third-order valence-corrected chi connectivity index (χ3v) is 3.39. The fourth-order valence-electron chi connectivity index (χ4n) is 1.17. The van der Waals surface area contributed by atoms with Crippen molar-refractivity contribution in [2.24, 2.45) is 17.8 Å². The third kappa shape index (κ3) is 44.9. The quantitative estimate of drug-likeness (QED) is 0.743. The summed E-state index contributed by atoms with van der Waals surface area (Å²) < 4.78 is 55.0. The molecule has 23 heavy (non-hydrogen) atoms. The molecule has 0 radical (unpaired) electrons. The molecule has 0 heterocycles. The van der Waals surface area contributed by atoms with Crippen LogP contribution in [0.4, 0.5) is 13.2 Å². The van der Waals surface area contributed by atoms with E-state index in [0.29, 0.717) is 24.2 Å². The van der Waals surface area contributed by atoms with Gasteiger partial charge in [0.25, 0.3) is 0 Å². The standard InChI is InChI=1S/C6H14O2S.C5H9F3.C5H12O/c1-6(2)4-5-9(3,7)8;1-4(2)3-5(6,7)8;1-5(2)3-4-6/h6H,4-5H2,1-3H3;4H,3H2,1-2H3;5-6H,3-4H2,1-2H3. The van der Waals surface area contributed by atoms with Gasteiger partial charge in [0.05, 0.1) is 5.75 Å². The Bertz CT molecular complexity index is 348. The monoisotopic (exact) mass is 364 g/mol. The van der Waals surface area contributed by atoms with E-state index in [-0.39, 0.29) is 5.92 Å². The normalized spacial score (nSPS) is 11.9. The second kappa shape index (κ2) is 14.1. The van der Waals surface area contributed by atoms with Gasteiger partial charge in [0, 0.05) is 19.3 Å². The van der Waals surface area contributed by atoms with Crippen LogP contribution in [0.15, 0.2) is 0 Å². The zero-order chi connectivity index (χ0) is 19.3. The molecule has 0 aromatic rings. The van der Waals surface area contributed by atoms with Gasteiger partial charge in [0.15, 0.2) is 0 Å². The Labute approximate surface area is 140 Å². The largest absolute Gasteiger partial charge is 0.396 e. The highest BCUT2D eigenvalue weighted by molar-refractivity contribution is 7.90. The first-order valence-corrected chi connectivity index (χ1v) is 10.0. The van der Waals surface area contributed by atoms with Gasteiger partial charge < -0.3 is 5.11 Å². The van der Waals surface area contributed by atoms with Crippen LogP contribution in [-0.4, -0.2) is 38.3 Å². The molecule has 0 aliphatic carbocycles. The van der Waals surface area contributed by atoms with E-state index >= 15 is 0 Å². The number of hydrogen-bond acceptors (Lipinski definition) is 3. The highest BCUT2D eigenvalue weighted by Crippen LogP contribution is 2.23. The molecule has 0 unspecified atom stereocenters. The lowest BCUT2D eigenvalue weighted by Gasteiger charge is -2.07. The van der Waals surface area contributed by atoms with Crippen LogP contribution in [-0.2, 0) is 9.84 Å².